The van der Waals surface area contributed by atoms with E-state index in [-0.39, 0.29) is 36.0 Å². The molecule has 0 unspecified atom stereocenters. The quantitative estimate of drug-likeness (QED) is 0.344. The van der Waals surface area contributed by atoms with E-state index in [9.17, 15) is 5.11 Å². The minimum atomic E-state index is 0. The third-order valence-electron chi connectivity index (χ3n) is 5.25. The number of rotatable bonds is 7. The first-order chi connectivity index (χ1) is 9.67. The zero-order chi connectivity index (χ0) is 14.5. The fraction of sp³-hybridized carbons (Fsp3) is 0.938. The lowest BCUT2D eigenvalue weighted by Crippen LogP contribution is -2.43. The monoisotopic (exact) mass is 409 g/mol. The van der Waals surface area contributed by atoms with Crippen molar-refractivity contribution < 1.29 is 5.11 Å². The minimum absolute atomic E-state index is 0. The largest absolute Gasteiger partial charge is 0.396 e. The maximum absolute atomic E-state index is 9.37. The molecule has 0 aromatic carbocycles. The van der Waals surface area contributed by atoms with E-state index in [1.165, 1.54) is 32.1 Å². The molecular weight excluding hydrogens is 377 g/mol. The Morgan fingerprint density at radius 3 is 2.19 bits per heavy atom. The molecule has 0 aromatic heterocycles. The molecule has 0 saturated heterocycles. The molecule has 0 spiro atoms. The van der Waals surface area contributed by atoms with Gasteiger partial charge in [-0.2, -0.15) is 0 Å². The summed E-state index contributed by atoms with van der Waals surface area (Å²) in [5, 5.41) is 16.2. The number of hydrogen-bond acceptors (Lipinski definition) is 2. The standard InChI is InChI=1S/C16H31N3O.HI/c1-3-15(7-5-6-8-15)11-18-14(17-4-2)19-12-16(13-20)9-10-16;/h20H,3-13H2,1-2H3,(H2,17,18,19);1H. The summed E-state index contributed by atoms with van der Waals surface area (Å²) in [4.78, 5) is 4.68. The van der Waals surface area contributed by atoms with Gasteiger partial charge in [-0.3, -0.25) is 4.99 Å². The Labute approximate surface area is 146 Å². The highest BCUT2D eigenvalue weighted by Crippen LogP contribution is 2.45. The topological polar surface area (TPSA) is 56.7 Å². The van der Waals surface area contributed by atoms with Gasteiger partial charge in [0.1, 0.15) is 0 Å². The molecule has 4 nitrogen and oxygen atoms in total. The molecule has 21 heavy (non-hydrogen) atoms. The molecule has 2 fully saturated rings. The van der Waals surface area contributed by atoms with Crippen molar-refractivity contribution in [1.29, 1.82) is 0 Å². The number of halogens is 1. The SMILES string of the molecule is CCNC(=NCC1(CO)CC1)NCC1(CC)CCCC1.I. The number of aliphatic hydroxyl groups excluding tert-OH is 1. The summed E-state index contributed by atoms with van der Waals surface area (Å²) < 4.78 is 0. The van der Waals surface area contributed by atoms with Gasteiger partial charge in [0.25, 0.3) is 0 Å². The average molecular weight is 409 g/mol. The molecule has 5 heteroatoms. The molecule has 2 aliphatic carbocycles. The molecule has 124 valence electrons. The predicted molar refractivity (Wildman–Crippen MR) is 99.3 cm³/mol. The van der Waals surface area contributed by atoms with Crippen LogP contribution < -0.4 is 10.6 Å². The lowest BCUT2D eigenvalue weighted by Gasteiger charge is -2.28. The van der Waals surface area contributed by atoms with Gasteiger partial charge in [-0.25, -0.2) is 0 Å². The van der Waals surface area contributed by atoms with Gasteiger partial charge >= 0.3 is 0 Å². The number of nitrogens with one attached hydrogen (secondary N) is 2. The maximum Gasteiger partial charge on any atom is 0.191 e. The molecule has 2 aliphatic rings. The van der Waals surface area contributed by atoms with Crippen LogP contribution in [0.2, 0.25) is 0 Å². The summed E-state index contributed by atoms with van der Waals surface area (Å²) in [6.45, 7) is 7.34. The summed E-state index contributed by atoms with van der Waals surface area (Å²) in [5.41, 5.74) is 0.572. The van der Waals surface area contributed by atoms with Crippen molar-refractivity contribution in [3.8, 4) is 0 Å². The van der Waals surface area contributed by atoms with Gasteiger partial charge in [0.2, 0.25) is 0 Å². The summed E-state index contributed by atoms with van der Waals surface area (Å²) in [6.07, 6.45) is 8.91. The van der Waals surface area contributed by atoms with E-state index in [1.54, 1.807) is 0 Å². The number of hydrogen-bond donors (Lipinski definition) is 3. The van der Waals surface area contributed by atoms with Crippen LogP contribution in [0.5, 0.6) is 0 Å². The molecule has 0 bridgehead atoms. The molecule has 0 aromatic rings. The highest BCUT2D eigenvalue weighted by molar-refractivity contribution is 14.0. The van der Waals surface area contributed by atoms with Crippen molar-refractivity contribution in [2.75, 3.05) is 26.2 Å². The van der Waals surface area contributed by atoms with E-state index in [1.807, 2.05) is 0 Å². The van der Waals surface area contributed by atoms with Crippen LogP contribution in [0, 0.1) is 10.8 Å². The molecule has 0 atom stereocenters. The highest BCUT2D eigenvalue weighted by atomic mass is 127. The second-order valence-electron chi connectivity index (χ2n) is 6.77. The fourth-order valence-electron chi connectivity index (χ4n) is 3.18. The Bertz CT molecular complexity index is 336. The van der Waals surface area contributed by atoms with Gasteiger partial charge in [-0.1, -0.05) is 19.8 Å². The van der Waals surface area contributed by atoms with Gasteiger partial charge in [0.15, 0.2) is 5.96 Å². The van der Waals surface area contributed by atoms with E-state index in [4.69, 9.17) is 0 Å². The Balaban J connectivity index is 0.00000220. The van der Waals surface area contributed by atoms with Gasteiger partial charge in [-0.15, -0.1) is 24.0 Å². The van der Waals surface area contributed by atoms with E-state index in [0.717, 1.165) is 38.4 Å². The smallest absolute Gasteiger partial charge is 0.191 e. The van der Waals surface area contributed by atoms with Gasteiger partial charge in [0.05, 0.1) is 13.2 Å². The molecule has 0 heterocycles. The summed E-state index contributed by atoms with van der Waals surface area (Å²) in [6, 6.07) is 0. The molecule has 0 radical (unpaired) electrons. The molecule has 2 rings (SSSR count). The average Bonchev–Trinajstić information content (AvgIpc) is 3.11. The van der Waals surface area contributed by atoms with Gasteiger partial charge in [0, 0.05) is 18.5 Å². The first-order valence-electron chi connectivity index (χ1n) is 8.31. The Morgan fingerprint density at radius 2 is 1.71 bits per heavy atom. The summed E-state index contributed by atoms with van der Waals surface area (Å²) in [7, 11) is 0. The molecule has 0 amide bonds. The van der Waals surface area contributed by atoms with E-state index in [0.29, 0.717) is 5.41 Å². The van der Waals surface area contributed by atoms with Crippen molar-refractivity contribution in [2.24, 2.45) is 15.8 Å². The van der Waals surface area contributed by atoms with Crippen LogP contribution in [0.3, 0.4) is 0 Å². The lowest BCUT2D eigenvalue weighted by atomic mass is 9.83. The van der Waals surface area contributed by atoms with Crippen LogP contribution in [0.15, 0.2) is 4.99 Å². The zero-order valence-electron chi connectivity index (χ0n) is 13.6. The van der Waals surface area contributed by atoms with Crippen LogP contribution in [-0.4, -0.2) is 37.3 Å². The fourth-order valence-corrected chi connectivity index (χ4v) is 3.18. The highest BCUT2D eigenvalue weighted by Gasteiger charge is 2.41. The Hall–Kier alpha value is -0.0400. The normalized spacial score (nSPS) is 22.5. The Morgan fingerprint density at radius 1 is 1.05 bits per heavy atom. The first kappa shape index (κ1) is 19.0. The van der Waals surface area contributed by atoms with E-state index in [2.05, 4.69) is 29.5 Å². The number of nitrogens with zero attached hydrogens (tertiary/aromatic N) is 1. The van der Waals surface area contributed by atoms with Crippen LogP contribution in [0.1, 0.15) is 58.8 Å². The second kappa shape index (κ2) is 8.56. The minimum Gasteiger partial charge on any atom is -0.396 e. The maximum atomic E-state index is 9.37. The summed E-state index contributed by atoms with van der Waals surface area (Å²) >= 11 is 0. The predicted octanol–water partition coefficient (Wildman–Crippen LogP) is 2.90. The second-order valence-corrected chi connectivity index (χ2v) is 6.77. The van der Waals surface area contributed by atoms with Gasteiger partial charge in [-0.05, 0) is 44.4 Å². The van der Waals surface area contributed by atoms with Crippen LogP contribution >= 0.6 is 24.0 Å². The summed E-state index contributed by atoms with van der Waals surface area (Å²) in [5.74, 6) is 0.923. The number of guanidine groups is 1. The number of aliphatic hydroxyl groups is 1. The van der Waals surface area contributed by atoms with Crippen molar-refractivity contribution in [3.63, 3.8) is 0 Å². The third-order valence-corrected chi connectivity index (χ3v) is 5.25. The third kappa shape index (κ3) is 5.27. The first-order valence-corrected chi connectivity index (χ1v) is 8.31. The van der Waals surface area contributed by atoms with E-state index < -0.39 is 0 Å². The molecule has 3 N–H and O–H groups in total. The Kier molecular flexibility index (Phi) is 7.74. The van der Waals surface area contributed by atoms with E-state index >= 15 is 0 Å². The zero-order valence-corrected chi connectivity index (χ0v) is 15.9. The van der Waals surface area contributed by atoms with Crippen LogP contribution in [0.25, 0.3) is 0 Å². The van der Waals surface area contributed by atoms with Crippen molar-refractivity contribution in [2.45, 2.75) is 58.8 Å². The van der Waals surface area contributed by atoms with Crippen molar-refractivity contribution >= 4 is 29.9 Å². The molecule has 2 saturated carbocycles. The van der Waals surface area contributed by atoms with Crippen LogP contribution in [-0.2, 0) is 0 Å². The molecule has 0 aliphatic heterocycles. The van der Waals surface area contributed by atoms with Crippen molar-refractivity contribution in [1.82, 2.24) is 10.6 Å². The van der Waals surface area contributed by atoms with Gasteiger partial charge < -0.3 is 15.7 Å². The number of aliphatic imine (C=N–C) groups is 1. The lowest BCUT2D eigenvalue weighted by molar-refractivity contribution is 0.216. The van der Waals surface area contributed by atoms with Crippen molar-refractivity contribution in [3.05, 3.63) is 0 Å². The van der Waals surface area contributed by atoms with Crippen LogP contribution in [0.4, 0.5) is 0 Å². The molecular formula is C16H32IN3O.